The van der Waals surface area contributed by atoms with Crippen LogP contribution in [0.4, 0.5) is 0 Å². The van der Waals surface area contributed by atoms with Crippen LogP contribution in [0.1, 0.15) is 16.5 Å². The zero-order valence-electron chi connectivity index (χ0n) is 11.0. The number of benzene rings is 2. The summed E-state index contributed by atoms with van der Waals surface area (Å²) in [6, 6.07) is 11.7. The second-order valence-electron chi connectivity index (χ2n) is 4.51. The van der Waals surface area contributed by atoms with Gasteiger partial charge in [0.15, 0.2) is 0 Å². The van der Waals surface area contributed by atoms with Crippen molar-refractivity contribution >= 4 is 41.7 Å². The zero-order chi connectivity index (χ0) is 15.6. The summed E-state index contributed by atoms with van der Waals surface area (Å²) in [7, 11) is -3.77. The fourth-order valence-corrected chi connectivity index (χ4v) is 4.30. The molecule has 0 radical (unpaired) electrons. The summed E-state index contributed by atoms with van der Waals surface area (Å²) < 4.78 is 26.7. The van der Waals surface area contributed by atoms with Crippen LogP contribution < -0.4 is 0 Å². The molecule has 108 valence electrons. The van der Waals surface area contributed by atoms with Gasteiger partial charge in [-0.1, -0.05) is 49.6 Å². The van der Waals surface area contributed by atoms with E-state index in [1.165, 1.54) is 12.1 Å². The molecule has 2 rings (SSSR count). The SMILES string of the molecule is [C-]#[N+][C@H](c1cc(Br)ccc1Br)S(=O)(=O)c1ccc(C)cc1. The minimum absolute atomic E-state index is 0.154. The highest BCUT2D eigenvalue weighted by Crippen LogP contribution is 2.36. The lowest BCUT2D eigenvalue weighted by Gasteiger charge is -2.10. The van der Waals surface area contributed by atoms with E-state index in [0.29, 0.717) is 10.0 Å². The third-order valence-corrected chi connectivity index (χ3v) is 6.08. The van der Waals surface area contributed by atoms with Crippen molar-refractivity contribution < 1.29 is 8.42 Å². The van der Waals surface area contributed by atoms with Crippen molar-refractivity contribution in [2.75, 3.05) is 0 Å². The van der Waals surface area contributed by atoms with E-state index >= 15 is 0 Å². The Bertz CT molecular complexity index is 809. The molecule has 0 amide bonds. The molecular weight excluding hydrogens is 418 g/mol. The molecule has 0 heterocycles. The smallest absolute Gasteiger partial charge is 0.291 e. The van der Waals surface area contributed by atoms with E-state index in [1.807, 2.05) is 6.92 Å². The summed E-state index contributed by atoms with van der Waals surface area (Å²) >= 11 is 6.63. The normalized spacial score (nSPS) is 12.7. The Labute approximate surface area is 141 Å². The number of aryl methyl sites for hydroxylation is 1. The molecule has 0 saturated carbocycles. The van der Waals surface area contributed by atoms with E-state index in [9.17, 15) is 8.42 Å². The first kappa shape index (κ1) is 16.2. The van der Waals surface area contributed by atoms with Gasteiger partial charge in [0.05, 0.1) is 10.5 Å². The third-order valence-electron chi connectivity index (χ3n) is 2.98. The molecule has 0 aliphatic heterocycles. The number of nitrogens with zero attached hydrogens (tertiary/aromatic N) is 1. The Morgan fingerprint density at radius 2 is 1.71 bits per heavy atom. The van der Waals surface area contributed by atoms with Gasteiger partial charge in [-0.05, 0) is 37.3 Å². The number of hydrogen-bond donors (Lipinski definition) is 0. The van der Waals surface area contributed by atoms with Crippen LogP contribution in [0.25, 0.3) is 4.85 Å². The monoisotopic (exact) mass is 427 g/mol. The Hall–Kier alpha value is -1.16. The van der Waals surface area contributed by atoms with E-state index in [4.69, 9.17) is 6.57 Å². The van der Waals surface area contributed by atoms with Crippen LogP contribution in [0, 0.1) is 13.5 Å². The first-order valence-electron chi connectivity index (χ1n) is 5.98. The van der Waals surface area contributed by atoms with Crippen LogP contribution in [0.2, 0.25) is 0 Å². The molecule has 21 heavy (non-hydrogen) atoms. The van der Waals surface area contributed by atoms with Crippen LogP contribution in [-0.2, 0) is 9.84 Å². The fourth-order valence-electron chi connectivity index (χ4n) is 1.87. The van der Waals surface area contributed by atoms with Crippen molar-refractivity contribution in [3.63, 3.8) is 0 Å². The van der Waals surface area contributed by atoms with Gasteiger partial charge >= 0.3 is 5.37 Å². The number of hydrogen-bond acceptors (Lipinski definition) is 2. The van der Waals surface area contributed by atoms with Gasteiger partial charge in [0, 0.05) is 8.95 Å². The quantitative estimate of drug-likeness (QED) is 0.651. The summed E-state index contributed by atoms with van der Waals surface area (Å²) in [5, 5.41) is -1.27. The van der Waals surface area contributed by atoms with Crippen molar-refractivity contribution in [2.45, 2.75) is 17.2 Å². The number of sulfone groups is 1. The summed E-state index contributed by atoms with van der Waals surface area (Å²) in [5.41, 5.74) is 1.40. The van der Waals surface area contributed by atoms with Crippen LogP contribution in [0.15, 0.2) is 56.3 Å². The van der Waals surface area contributed by atoms with Crippen LogP contribution in [-0.4, -0.2) is 8.42 Å². The molecule has 2 aromatic carbocycles. The summed E-state index contributed by atoms with van der Waals surface area (Å²) in [4.78, 5) is 3.50. The highest BCUT2D eigenvalue weighted by atomic mass is 79.9. The summed E-state index contributed by atoms with van der Waals surface area (Å²) in [6.07, 6.45) is 0. The highest BCUT2D eigenvalue weighted by Gasteiger charge is 2.36. The van der Waals surface area contributed by atoms with Crippen molar-refractivity contribution in [3.8, 4) is 0 Å². The second-order valence-corrected chi connectivity index (χ2v) is 8.28. The molecule has 0 aromatic heterocycles. The Morgan fingerprint density at radius 3 is 2.29 bits per heavy atom. The number of halogens is 2. The van der Waals surface area contributed by atoms with Crippen molar-refractivity contribution in [2.24, 2.45) is 0 Å². The van der Waals surface area contributed by atoms with Crippen LogP contribution in [0.5, 0.6) is 0 Å². The van der Waals surface area contributed by atoms with Gasteiger partial charge in [0.2, 0.25) is 0 Å². The lowest BCUT2D eigenvalue weighted by Crippen LogP contribution is -2.11. The van der Waals surface area contributed by atoms with Crippen molar-refractivity contribution in [3.05, 3.63) is 74.0 Å². The molecule has 0 spiro atoms. The molecule has 3 nitrogen and oxygen atoms in total. The van der Waals surface area contributed by atoms with E-state index in [1.54, 1.807) is 30.3 Å². The van der Waals surface area contributed by atoms with Crippen molar-refractivity contribution in [1.82, 2.24) is 0 Å². The first-order chi connectivity index (χ1) is 9.86. The van der Waals surface area contributed by atoms with Crippen LogP contribution in [0.3, 0.4) is 0 Å². The average Bonchev–Trinajstić information content (AvgIpc) is 2.43. The lowest BCUT2D eigenvalue weighted by molar-refractivity contribution is 0.590. The average molecular weight is 429 g/mol. The zero-order valence-corrected chi connectivity index (χ0v) is 15.0. The molecule has 0 bridgehead atoms. The predicted molar refractivity (Wildman–Crippen MR) is 89.5 cm³/mol. The van der Waals surface area contributed by atoms with Gasteiger partial charge in [-0.15, -0.1) is 0 Å². The molecule has 0 unspecified atom stereocenters. The van der Waals surface area contributed by atoms with Gasteiger partial charge in [-0.25, -0.2) is 15.0 Å². The molecule has 1 atom stereocenters. The molecule has 0 fully saturated rings. The molecule has 0 N–H and O–H groups in total. The first-order valence-corrected chi connectivity index (χ1v) is 9.11. The predicted octanol–water partition coefficient (Wildman–Crippen LogP) is 4.91. The Balaban J connectivity index is 2.58. The third kappa shape index (κ3) is 3.37. The minimum Gasteiger partial charge on any atom is -0.291 e. The topological polar surface area (TPSA) is 38.5 Å². The van der Waals surface area contributed by atoms with E-state index in [-0.39, 0.29) is 4.90 Å². The van der Waals surface area contributed by atoms with Gasteiger partial charge in [-0.2, -0.15) is 0 Å². The highest BCUT2D eigenvalue weighted by molar-refractivity contribution is 9.11. The molecular formula is C15H11Br2NO2S. The van der Waals surface area contributed by atoms with E-state index in [2.05, 4.69) is 36.7 Å². The second kappa shape index (κ2) is 6.30. The minimum atomic E-state index is -3.77. The molecule has 6 heteroatoms. The largest absolute Gasteiger partial charge is 0.351 e. The molecule has 0 aliphatic carbocycles. The lowest BCUT2D eigenvalue weighted by atomic mass is 10.2. The Morgan fingerprint density at radius 1 is 1.10 bits per heavy atom. The fraction of sp³-hybridized carbons (Fsp3) is 0.133. The maximum absolute atomic E-state index is 12.7. The molecule has 2 aromatic rings. The van der Waals surface area contributed by atoms with Gasteiger partial charge in [0.1, 0.15) is 0 Å². The van der Waals surface area contributed by atoms with Gasteiger partial charge in [0.25, 0.3) is 9.84 Å². The summed E-state index contributed by atoms with van der Waals surface area (Å²) in [6.45, 7) is 9.20. The number of rotatable bonds is 3. The summed E-state index contributed by atoms with van der Waals surface area (Å²) in [5.74, 6) is 0. The molecule has 0 aliphatic rings. The maximum atomic E-state index is 12.7. The molecule has 0 saturated heterocycles. The maximum Gasteiger partial charge on any atom is 0.351 e. The van der Waals surface area contributed by atoms with Gasteiger partial charge < -0.3 is 0 Å². The van der Waals surface area contributed by atoms with E-state index < -0.39 is 15.2 Å². The van der Waals surface area contributed by atoms with E-state index in [0.717, 1.165) is 10.0 Å². The van der Waals surface area contributed by atoms with Crippen molar-refractivity contribution in [1.29, 1.82) is 0 Å². The Kier molecular flexibility index (Phi) is 4.87. The standard InChI is InChI=1S/C15H11Br2NO2S/c1-10-3-6-12(7-4-10)21(19,20)15(18-2)13-9-11(16)5-8-14(13)17/h3-9,15H,1H3/t15-/m0/s1. The van der Waals surface area contributed by atoms with Crippen LogP contribution >= 0.6 is 31.9 Å². The van der Waals surface area contributed by atoms with Gasteiger partial charge in [-0.3, -0.25) is 4.85 Å².